The molecule has 2 heteroatoms. The van der Waals surface area contributed by atoms with Gasteiger partial charge in [-0.1, -0.05) is 57.9 Å². The van der Waals surface area contributed by atoms with Crippen molar-refractivity contribution in [1.29, 1.82) is 0 Å². The van der Waals surface area contributed by atoms with Crippen molar-refractivity contribution in [2.45, 2.75) is 37.4 Å². The number of aryl methyl sites for hydroxylation is 3. The van der Waals surface area contributed by atoms with Crippen molar-refractivity contribution < 1.29 is 0 Å². The lowest BCUT2D eigenvalue weighted by Crippen LogP contribution is -2.04. The Labute approximate surface area is 134 Å². The van der Waals surface area contributed by atoms with Crippen molar-refractivity contribution in [2.75, 3.05) is 0 Å². The Bertz CT molecular complexity index is 633. The molecule has 20 heavy (non-hydrogen) atoms. The zero-order valence-electron chi connectivity index (χ0n) is 11.6. The van der Waals surface area contributed by atoms with Crippen LogP contribution in [0.4, 0.5) is 0 Å². The number of halogens is 2. The van der Waals surface area contributed by atoms with Gasteiger partial charge in [-0.25, -0.2) is 0 Å². The fourth-order valence-corrected chi connectivity index (χ4v) is 3.62. The third kappa shape index (κ3) is 2.80. The first-order valence-corrected chi connectivity index (χ1v) is 8.46. The maximum atomic E-state index is 6.11. The summed E-state index contributed by atoms with van der Waals surface area (Å²) < 4.78 is 0. The lowest BCUT2D eigenvalue weighted by atomic mass is 9.89. The highest BCUT2D eigenvalue weighted by molar-refractivity contribution is 9.09. The predicted molar refractivity (Wildman–Crippen MR) is 90.0 cm³/mol. The maximum Gasteiger partial charge on any atom is 0.0644 e. The standard InChI is InChI=1S/C18H18BrCl/c1-12-10-15(8-9-17(12)20)18(19)16-7-6-13-4-2-3-5-14(13)11-16/h6-11,18H,2-5H2,1H3. The molecule has 0 N–H and O–H groups in total. The number of benzene rings is 2. The van der Waals surface area contributed by atoms with Gasteiger partial charge >= 0.3 is 0 Å². The van der Waals surface area contributed by atoms with E-state index >= 15 is 0 Å². The largest absolute Gasteiger partial charge is 0.0841 e. The van der Waals surface area contributed by atoms with Gasteiger partial charge in [0.15, 0.2) is 0 Å². The van der Waals surface area contributed by atoms with Gasteiger partial charge in [0.2, 0.25) is 0 Å². The molecule has 0 aromatic heterocycles. The number of hydrogen-bond donors (Lipinski definition) is 0. The molecule has 0 aliphatic heterocycles. The quantitative estimate of drug-likeness (QED) is 0.582. The van der Waals surface area contributed by atoms with Crippen molar-refractivity contribution in [1.82, 2.24) is 0 Å². The fourth-order valence-electron chi connectivity index (χ4n) is 2.93. The van der Waals surface area contributed by atoms with Crippen molar-refractivity contribution in [3.63, 3.8) is 0 Å². The topological polar surface area (TPSA) is 0 Å². The number of rotatable bonds is 2. The molecule has 0 radical (unpaired) electrons. The first-order chi connectivity index (χ1) is 9.65. The average Bonchev–Trinajstić information content (AvgIpc) is 2.49. The number of hydrogen-bond acceptors (Lipinski definition) is 0. The molecular formula is C18H18BrCl. The fraction of sp³-hybridized carbons (Fsp3) is 0.333. The Hall–Kier alpha value is -0.790. The van der Waals surface area contributed by atoms with Crippen LogP contribution in [0.2, 0.25) is 5.02 Å². The summed E-state index contributed by atoms with van der Waals surface area (Å²) in [6.07, 6.45) is 5.12. The predicted octanol–water partition coefficient (Wildman–Crippen LogP) is 6.01. The molecule has 0 saturated carbocycles. The monoisotopic (exact) mass is 348 g/mol. The molecule has 2 aromatic carbocycles. The van der Waals surface area contributed by atoms with Gasteiger partial charge in [0, 0.05) is 5.02 Å². The third-order valence-corrected chi connectivity index (χ3v) is 5.62. The molecule has 1 aliphatic rings. The molecule has 0 fully saturated rings. The van der Waals surface area contributed by atoms with Crippen LogP contribution in [0, 0.1) is 6.92 Å². The minimum absolute atomic E-state index is 0.241. The molecule has 1 unspecified atom stereocenters. The van der Waals surface area contributed by atoms with Crippen molar-refractivity contribution in [3.8, 4) is 0 Å². The molecule has 0 bridgehead atoms. The van der Waals surface area contributed by atoms with Crippen molar-refractivity contribution >= 4 is 27.5 Å². The highest BCUT2D eigenvalue weighted by Gasteiger charge is 2.15. The van der Waals surface area contributed by atoms with Crippen LogP contribution >= 0.6 is 27.5 Å². The lowest BCUT2D eigenvalue weighted by Gasteiger charge is -2.19. The Morgan fingerprint density at radius 3 is 2.35 bits per heavy atom. The van der Waals surface area contributed by atoms with Crippen LogP contribution in [-0.2, 0) is 12.8 Å². The van der Waals surface area contributed by atoms with Crippen LogP contribution in [0.3, 0.4) is 0 Å². The second kappa shape index (κ2) is 5.91. The number of fused-ring (bicyclic) bond motifs is 1. The van der Waals surface area contributed by atoms with Crippen LogP contribution in [-0.4, -0.2) is 0 Å². The number of alkyl halides is 1. The summed E-state index contributed by atoms with van der Waals surface area (Å²) in [7, 11) is 0. The van der Waals surface area contributed by atoms with Gasteiger partial charge in [0.25, 0.3) is 0 Å². The summed E-state index contributed by atoms with van der Waals surface area (Å²) in [6.45, 7) is 2.05. The Morgan fingerprint density at radius 2 is 1.60 bits per heavy atom. The second-order valence-electron chi connectivity index (χ2n) is 5.61. The molecule has 0 heterocycles. The van der Waals surface area contributed by atoms with Crippen molar-refractivity contribution in [3.05, 3.63) is 69.2 Å². The first-order valence-electron chi connectivity index (χ1n) is 7.17. The van der Waals surface area contributed by atoms with Gasteiger partial charge in [0.05, 0.1) is 4.83 Å². The molecule has 3 rings (SSSR count). The Morgan fingerprint density at radius 1 is 0.950 bits per heavy atom. The van der Waals surface area contributed by atoms with E-state index in [0.717, 1.165) is 10.6 Å². The van der Waals surface area contributed by atoms with E-state index < -0.39 is 0 Å². The van der Waals surface area contributed by atoms with E-state index in [0.29, 0.717) is 0 Å². The van der Waals surface area contributed by atoms with E-state index in [1.165, 1.54) is 47.9 Å². The summed E-state index contributed by atoms with van der Waals surface area (Å²) in [5.74, 6) is 0. The SMILES string of the molecule is Cc1cc(C(Br)c2ccc3c(c2)CCCC3)ccc1Cl. The molecular weight excluding hydrogens is 332 g/mol. The van der Waals surface area contributed by atoms with Crippen LogP contribution in [0.15, 0.2) is 36.4 Å². The molecule has 0 saturated heterocycles. The summed E-state index contributed by atoms with van der Waals surface area (Å²) >= 11 is 9.95. The minimum Gasteiger partial charge on any atom is -0.0841 e. The van der Waals surface area contributed by atoms with E-state index in [9.17, 15) is 0 Å². The average molecular weight is 350 g/mol. The lowest BCUT2D eigenvalue weighted by molar-refractivity contribution is 0.684. The highest BCUT2D eigenvalue weighted by atomic mass is 79.9. The molecule has 104 valence electrons. The normalized spacial score (nSPS) is 15.8. The summed E-state index contributed by atoms with van der Waals surface area (Å²) in [6, 6.07) is 13.2. The van der Waals surface area contributed by atoms with Gasteiger partial charge in [-0.05, 0) is 66.5 Å². The van der Waals surface area contributed by atoms with Gasteiger partial charge in [-0.2, -0.15) is 0 Å². The van der Waals surface area contributed by atoms with Gasteiger partial charge in [-0.3, -0.25) is 0 Å². The summed E-state index contributed by atoms with van der Waals surface area (Å²) in [5.41, 5.74) is 6.80. The second-order valence-corrected chi connectivity index (χ2v) is 6.93. The first kappa shape index (κ1) is 14.2. The van der Waals surface area contributed by atoms with Crippen LogP contribution in [0.1, 0.15) is 45.5 Å². The van der Waals surface area contributed by atoms with Crippen molar-refractivity contribution in [2.24, 2.45) is 0 Å². The molecule has 1 aliphatic carbocycles. The van der Waals surface area contributed by atoms with Gasteiger partial charge < -0.3 is 0 Å². The van der Waals surface area contributed by atoms with Crippen LogP contribution < -0.4 is 0 Å². The van der Waals surface area contributed by atoms with Crippen LogP contribution in [0.5, 0.6) is 0 Å². The maximum absolute atomic E-state index is 6.11. The van der Waals surface area contributed by atoms with Gasteiger partial charge in [0.1, 0.15) is 0 Å². The van der Waals surface area contributed by atoms with E-state index in [2.05, 4.69) is 53.2 Å². The van der Waals surface area contributed by atoms with E-state index in [1.54, 1.807) is 0 Å². The zero-order chi connectivity index (χ0) is 14.1. The smallest absolute Gasteiger partial charge is 0.0644 e. The molecule has 0 spiro atoms. The molecule has 0 nitrogen and oxygen atoms in total. The van der Waals surface area contributed by atoms with E-state index in [1.807, 2.05) is 6.07 Å². The Kier molecular flexibility index (Phi) is 4.18. The minimum atomic E-state index is 0.241. The highest BCUT2D eigenvalue weighted by Crippen LogP contribution is 2.34. The van der Waals surface area contributed by atoms with Gasteiger partial charge in [-0.15, -0.1) is 0 Å². The van der Waals surface area contributed by atoms with E-state index in [4.69, 9.17) is 11.6 Å². The summed E-state index contributed by atoms with van der Waals surface area (Å²) in [4.78, 5) is 0.241. The third-order valence-electron chi connectivity index (χ3n) is 4.14. The van der Waals surface area contributed by atoms with Crippen LogP contribution in [0.25, 0.3) is 0 Å². The zero-order valence-corrected chi connectivity index (χ0v) is 14.0. The molecule has 0 amide bonds. The van der Waals surface area contributed by atoms with E-state index in [-0.39, 0.29) is 4.83 Å². The molecule has 1 atom stereocenters. The molecule has 2 aromatic rings. The summed E-state index contributed by atoms with van der Waals surface area (Å²) in [5, 5.41) is 0.832. The Balaban J connectivity index is 1.93.